The first-order chi connectivity index (χ1) is 69.0. The Labute approximate surface area is 803 Å². The molecule has 0 aliphatic heterocycles. The normalized spacial score (nSPS) is 13.4. The molecular formula is C122H112N8O4+4. The summed E-state index contributed by atoms with van der Waals surface area (Å²) in [7, 11) is 7.56. The van der Waals surface area contributed by atoms with Gasteiger partial charge in [-0.05, 0) is 151 Å². The average Bonchev–Trinajstić information content (AvgIpc) is 1.53. The minimum atomic E-state index is -2.48. The first-order valence-corrected chi connectivity index (χ1v) is 44.8. The van der Waals surface area contributed by atoms with Crippen LogP contribution in [0.3, 0.4) is 0 Å². The largest absolute Gasteiger partial charge is 0.456 e. The molecule has 0 fully saturated rings. The van der Waals surface area contributed by atoms with Crippen LogP contribution in [-0.2, 0) is 40.9 Å². The van der Waals surface area contributed by atoms with Crippen molar-refractivity contribution in [1.82, 2.24) is 0 Å². The van der Waals surface area contributed by atoms with E-state index >= 15 is 0 Å². The minimum Gasteiger partial charge on any atom is -0.456 e. The summed E-state index contributed by atoms with van der Waals surface area (Å²) in [6.45, 7) is 52.9. The lowest BCUT2D eigenvalue weighted by atomic mass is 9.88. The second-order valence-corrected chi connectivity index (χ2v) is 36.3. The van der Waals surface area contributed by atoms with E-state index in [0.717, 1.165) is 177 Å². The predicted molar refractivity (Wildman–Crippen MR) is 551 cm³/mol. The molecule has 20 rings (SSSR count). The van der Waals surface area contributed by atoms with Crippen molar-refractivity contribution in [2.24, 2.45) is 39.5 Å². The van der Waals surface area contributed by atoms with Gasteiger partial charge >= 0.3 is 0 Å². The van der Waals surface area contributed by atoms with E-state index in [-0.39, 0.29) is 16.7 Å². The molecule has 0 radical (unpaired) electrons. The van der Waals surface area contributed by atoms with Crippen molar-refractivity contribution in [2.45, 2.75) is 135 Å². The highest BCUT2D eigenvalue weighted by molar-refractivity contribution is 6.19. The van der Waals surface area contributed by atoms with Gasteiger partial charge in [0, 0.05) is 128 Å². The van der Waals surface area contributed by atoms with Crippen LogP contribution in [0.4, 0.5) is 22.7 Å². The summed E-state index contributed by atoms with van der Waals surface area (Å²) in [5.74, 6) is -2.24. The minimum absolute atomic E-state index is 0.00468. The monoisotopic (exact) mass is 1760 g/mol. The standard InChI is InChI=1S/2C31H29N2O.2C30H27N2O/c1-20-12-14-23-24-15-16-25(32-5)28(22-10-8-7-9-11-22)30(24)34-29(23)27(20)26-17-13-21(19-33(26)6)18-31(2,3)4;1-19(2)16-23-17-27(33(6)18-21(23)4)28-20(3)12-13-24-25-14-15-26(32-5)29(31(25)34-30(24)28)22-10-8-7-9-11-22;1-18(2)24-16-26(32(6)17-20(24)4)27-19(3)12-13-22-23-14-15-25(31-5)28(30(23)33-29(22)27)21-10-8-7-9-11-21;1-18(2)24-17-32(6)26(16-20(24)4)27-19(3)12-13-22-23-14-15-25(31-5)28(30(23)33-29(22)27)21-10-8-7-9-11-21/h7-17,19H,18H2,1-4,6H3;7-15,17-19H,16H2,1-4,6H3;2*7-18H,1-4,6H3/q4*+1/i18D2;4D3,16D2;4D3,18D;18D. The molecule has 12 heteroatoms. The lowest BCUT2D eigenvalue weighted by molar-refractivity contribution is -0.661. The zero-order valence-corrected chi connectivity index (χ0v) is 78.8. The Bertz CT molecular complexity index is 8830. The third-order valence-corrected chi connectivity index (χ3v) is 24.9. The first-order valence-electron chi connectivity index (χ1n) is 50.8. The van der Waals surface area contributed by atoms with Crippen molar-refractivity contribution in [3.8, 4) is 89.5 Å². The molecule has 12 nitrogen and oxygen atoms in total. The third kappa shape index (κ3) is 17.0. The van der Waals surface area contributed by atoms with Gasteiger partial charge in [0.05, 0.1) is 48.5 Å². The van der Waals surface area contributed by atoms with Gasteiger partial charge in [-0.25, -0.2) is 37.6 Å². The van der Waals surface area contributed by atoms with Crippen LogP contribution in [0.15, 0.2) is 291 Å². The molecule has 0 atom stereocenters. The van der Waals surface area contributed by atoms with Crippen LogP contribution in [0.25, 0.3) is 197 Å². The second-order valence-electron chi connectivity index (χ2n) is 36.3. The van der Waals surface area contributed by atoms with Gasteiger partial charge in [0.15, 0.2) is 47.5 Å². The molecule has 0 spiro atoms. The molecule has 8 heterocycles. The molecule has 8 aromatic heterocycles. The van der Waals surface area contributed by atoms with Gasteiger partial charge in [-0.1, -0.05) is 281 Å². The molecule has 0 bridgehead atoms. The summed E-state index contributed by atoms with van der Waals surface area (Å²) in [5.41, 5.74) is 28.5. The Morgan fingerprint density at radius 2 is 0.604 bits per heavy atom. The molecule has 20 aromatic rings. The molecule has 660 valence electrons. The van der Waals surface area contributed by atoms with E-state index < -0.39 is 49.6 Å². The van der Waals surface area contributed by atoms with Crippen LogP contribution in [0.2, 0.25) is 0 Å². The van der Waals surface area contributed by atoms with Gasteiger partial charge in [-0.15, -0.1) is 0 Å². The van der Waals surface area contributed by atoms with Crippen LogP contribution in [0.5, 0.6) is 0 Å². The lowest BCUT2D eigenvalue weighted by Gasteiger charge is -2.17. The zero-order chi connectivity index (χ0) is 105. The van der Waals surface area contributed by atoms with E-state index in [0.29, 0.717) is 67.5 Å². The summed E-state index contributed by atoms with van der Waals surface area (Å²) in [6.07, 6.45) is 3.73. The zero-order valence-electron chi connectivity index (χ0n) is 90.8. The summed E-state index contributed by atoms with van der Waals surface area (Å²) in [5, 5.41) is 7.57. The van der Waals surface area contributed by atoms with Crippen LogP contribution in [-0.4, -0.2) is 0 Å². The molecule has 0 saturated carbocycles. The number of aromatic nitrogens is 4. The number of hydrogen-bond acceptors (Lipinski definition) is 4. The fourth-order valence-electron chi connectivity index (χ4n) is 18.7. The van der Waals surface area contributed by atoms with E-state index in [9.17, 15) is 0 Å². The number of rotatable bonds is 13. The molecule has 0 aliphatic carbocycles. The number of aryl methyl sites for hydroxylation is 11. The first kappa shape index (κ1) is 76.1. The second kappa shape index (κ2) is 37.0. The molecule has 0 unspecified atom stereocenters. The van der Waals surface area contributed by atoms with Crippen molar-refractivity contribution in [3.63, 3.8) is 0 Å². The number of pyridine rings is 4. The summed E-state index contributed by atoms with van der Waals surface area (Å²) < 4.78 is 135. The highest BCUT2D eigenvalue weighted by atomic mass is 16.3. The van der Waals surface area contributed by atoms with Crippen molar-refractivity contribution < 1.29 is 52.4 Å². The predicted octanol–water partition coefficient (Wildman–Crippen LogP) is 32.4. The molecule has 0 aliphatic rings. The van der Waals surface area contributed by atoms with E-state index in [1.54, 1.807) is 56.1 Å². The SMILES string of the molecule is [2H]C(C)(C)c1c[n+](C)c(-c2c(C)ccc3c2oc2c(-c4ccccc4)c([N+]#[C-])ccc23)cc1C.[2H]C([2H])([2H])c1c[n+](C)c(-c2c(C)ccc3c2oc2c(-c4ccccc4)c([N+]#[C-])ccc23)cc1C([2H])(C)C.[2H]C([2H])([2H])c1c[n+](C)c(-c2c(C)ccc3c2oc2c(-c4ccccc4)c([N+]#[C-])ccc23)cc1C([2H])([2H])C(C)C.[2H]C([2H])(c1ccc(-c2c(C)ccc3c2oc2c(-c4ccccc4)c([N+]#[C-])ccc23)[n+](C)c1)C(C)(C)C. The number of nitrogens with zero attached hydrogens (tertiary/aromatic N) is 8. The molecular weight excluding hydrogens is 1640 g/mol. The van der Waals surface area contributed by atoms with E-state index in [1.807, 2.05) is 293 Å². The third-order valence-electron chi connectivity index (χ3n) is 24.9. The van der Waals surface area contributed by atoms with Gasteiger partial charge in [-0.2, -0.15) is 0 Å². The number of benzene rings is 12. The van der Waals surface area contributed by atoms with Crippen molar-refractivity contribution in [2.75, 3.05) is 0 Å². The van der Waals surface area contributed by atoms with Crippen LogP contribution in [0.1, 0.15) is 152 Å². The Morgan fingerprint density at radius 1 is 0.313 bits per heavy atom. The van der Waals surface area contributed by atoms with Crippen molar-refractivity contribution in [1.29, 1.82) is 0 Å². The van der Waals surface area contributed by atoms with E-state index in [1.165, 1.54) is 6.20 Å². The maximum absolute atomic E-state index is 8.80. The number of fused-ring (bicyclic) bond motifs is 12. The summed E-state index contributed by atoms with van der Waals surface area (Å²) in [4.78, 5) is 15.1. The van der Waals surface area contributed by atoms with Gasteiger partial charge in [0.2, 0.25) is 22.8 Å². The molecule has 0 saturated heterocycles. The Kier molecular flexibility index (Phi) is 21.0. The molecule has 12 aromatic carbocycles. The topological polar surface area (TPSA) is 85.5 Å². The van der Waals surface area contributed by atoms with Crippen molar-refractivity contribution in [3.05, 3.63) is 380 Å². The van der Waals surface area contributed by atoms with E-state index in [4.69, 9.17) is 60.4 Å². The summed E-state index contributed by atoms with van der Waals surface area (Å²) in [6, 6.07) is 80.5. The number of hydrogen-bond donors (Lipinski definition) is 0. The highest BCUT2D eigenvalue weighted by Crippen LogP contribution is 2.51. The van der Waals surface area contributed by atoms with Gasteiger partial charge in [-0.3, -0.25) is 0 Å². The summed E-state index contributed by atoms with van der Waals surface area (Å²) >= 11 is 0. The van der Waals surface area contributed by atoms with Gasteiger partial charge in [0.1, 0.15) is 72.9 Å². The fraction of sp³-hybridized carbons (Fsp3) is 0.213. The maximum atomic E-state index is 8.80. The molecule has 134 heavy (non-hydrogen) atoms. The molecule has 0 amide bonds. The van der Waals surface area contributed by atoms with Gasteiger partial charge in [0.25, 0.3) is 0 Å². The quantitative estimate of drug-likeness (QED) is 0.0850. The highest BCUT2D eigenvalue weighted by Gasteiger charge is 2.32. The Hall–Kier alpha value is -15.6. The number of furan rings is 4. The smallest absolute Gasteiger partial charge is 0.216 e. The van der Waals surface area contributed by atoms with Crippen LogP contribution < -0.4 is 18.3 Å². The lowest BCUT2D eigenvalue weighted by Crippen LogP contribution is -2.32. The fourth-order valence-corrected chi connectivity index (χ4v) is 18.7. The van der Waals surface area contributed by atoms with E-state index in [2.05, 4.69) is 81.2 Å². The Balaban J connectivity index is 0.000000133. The van der Waals surface area contributed by atoms with Crippen molar-refractivity contribution >= 4 is 111 Å². The van der Waals surface area contributed by atoms with Gasteiger partial charge < -0.3 is 17.7 Å². The maximum Gasteiger partial charge on any atom is 0.216 e. The van der Waals surface area contributed by atoms with Crippen LogP contribution in [0, 0.1) is 85.9 Å². The average molecular weight is 1770 g/mol. The van der Waals surface area contributed by atoms with Crippen LogP contribution >= 0.6 is 0 Å². The Morgan fingerprint density at radius 3 is 0.910 bits per heavy atom. The molecule has 0 N–H and O–H groups in total.